The predicted molar refractivity (Wildman–Crippen MR) is 66.0 cm³/mol. The fourth-order valence-corrected chi connectivity index (χ4v) is 1.77. The molecule has 0 saturated heterocycles. The summed E-state index contributed by atoms with van der Waals surface area (Å²) < 4.78 is 5.33. The third-order valence-electron chi connectivity index (χ3n) is 2.37. The van der Waals surface area contributed by atoms with Crippen LogP contribution in [0.1, 0.15) is 18.2 Å². The maximum Gasteiger partial charge on any atom is 0.131 e. The van der Waals surface area contributed by atoms with E-state index < -0.39 is 0 Å². The molecule has 2 heterocycles. The number of anilines is 1. The van der Waals surface area contributed by atoms with Crippen molar-refractivity contribution in [2.75, 3.05) is 11.9 Å². The second kappa shape index (κ2) is 5.70. The van der Waals surface area contributed by atoms with Gasteiger partial charge in [0.1, 0.15) is 10.9 Å². The van der Waals surface area contributed by atoms with E-state index in [0.717, 1.165) is 11.4 Å². The summed E-state index contributed by atoms with van der Waals surface area (Å²) in [6, 6.07) is 7.17. The summed E-state index contributed by atoms with van der Waals surface area (Å²) in [6.45, 7) is 0.0805. The summed E-state index contributed by atoms with van der Waals surface area (Å²) in [4.78, 5) is 3.91. The quantitative estimate of drug-likeness (QED) is 0.804. The molecule has 2 aromatic rings. The molecule has 1 atom stereocenters. The Kier molecular flexibility index (Phi) is 4.01. The monoisotopic (exact) mass is 252 g/mol. The van der Waals surface area contributed by atoms with Crippen LogP contribution in [0.4, 0.5) is 5.69 Å². The number of hydrogen-bond acceptors (Lipinski definition) is 4. The molecule has 2 aromatic heterocycles. The van der Waals surface area contributed by atoms with Crippen LogP contribution in [0.2, 0.25) is 5.15 Å². The van der Waals surface area contributed by atoms with Gasteiger partial charge in [-0.25, -0.2) is 4.98 Å². The number of aromatic nitrogens is 1. The number of nitrogens with zero attached hydrogens (tertiary/aromatic N) is 1. The Morgan fingerprint density at radius 3 is 3.00 bits per heavy atom. The van der Waals surface area contributed by atoms with Crippen molar-refractivity contribution >= 4 is 17.3 Å². The topological polar surface area (TPSA) is 58.3 Å². The van der Waals surface area contributed by atoms with E-state index in [2.05, 4.69) is 10.3 Å². The Balaban J connectivity index is 2.13. The lowest BCUT2D eigenvalue weighted by atomic mass is 10.1. The molecule has 2 N–H and O–H groups in total. The highest BCUT2D eigenvalue weighted by atomic mass is 35.5. The smallest absolute Gasteiger partial charge is 0.131 e. The Bertz CT molecular complexity index is 459. The molecule has 5 heteroatoms. The van der Waals surface area contributed by atoms with Gasteiger partial charge in [-0.15, -0.1) is 0 Å². The minimum atomic E-state index is -0.0755. The van der Waals surface area contributed by atoms with Crippen LogP contribution in [0.25, 0.3) is 0 Å². The van der Waals surface area contributed by atoms with E-state index in [0.29, 0.717) is 11.6 Å². The summed E-state index contributed by atoms with van der Waals surface area (Å²) in [6.07, 6.45) is 3.80. The highest BCUT2D eigenvalue weighted by Crippen LogP contribution is 2.23. The van der Waals surface area contributed by atoms with Crippen LogP contribution in [0.5, 0.6) is 0 Å². The van der Waals surface area contributed by atoms with Gasteiger partial charge in [0.25, 0.3) is 0 Å². The summed E-state index contributed by atoms with van der Waals surface area (Å²) in [5.74, 6) is 0.784. The van der Waals surface area contributed by atoms with Gasteiger partial charge in [-0.1, -0.05) is 11.6 Å². The Hall–Kier alpha value is -1.52. The predicted octanol–water partition coefficient (Wildman–Crippen LogP) is 2.86. The SMILES string of the molecule is OCCC(Nc1ccnc(Cl)c1)c1ccco1. The van der Waals surface area contributed by atoms with Gasteiger partial charge in [0.2, 0.25) is 0 Å². The van der Waals surface area contributed by atoms with E-state index >= 15 is 0 Å². The van der Waals surface area contributed by atoms with Crippen LogP contribution in [0, 0.1) is 0 Å². The lowest BCUT2D eigenvalue weighted by Crippen LogP contribution is -2.11. The molecule has 0 aromatic carbocycles. The molecule has 0 aliphatic rings. The first-order valence-corrected chi connectivity index (χ1v) is 5.70. The van der Waals surface area contributed by atoms with Gasteiger partial charge < -0.3 is 14.8 Å². The highest BCUT2D eigenvalue weighted by molar-refractivity contribution is 6.29. The molecule has 90 valence electrons. The van der Waals surface area contributed by atoms with Crippen LogP contribution in [-0.2, 0) is 0 Å². The van der Waals surface area contributed by atoms with Crippen molar-refractivity contribution in [2.24, 2.45) is 0 Å². The van der Waals surface area contributed by atoms with Gasteiger partial charge in [0, 0.05) is 18.5 Å². The van der Waals surface area contributed by atoms with E-state index in [-0.39, 0.29) is 12.6 Å². The van der Waals surface area contributed by atoms with Crippen LogP contribution < -0.4 is 5.32 Å². The maximum absolute atomic E-state index is 9.05. The third-order valence-corrected chi connectivity index (χ3v) is 2.58. The van der Waals surface area contributed by atoms with E-state index in [1.165, 1.54) is 0 Å². The van der Waals surface area contributed by atoms with Crippen LogP contribution in [0.15, 0.2) is 41.1 Å². The first kappa shape index (κ1) is 12.0. The molecule has 0 amide bonds. The standard InChI is InChI=1S/C12H13ClN2O2/c13-12-8-9(3-5-14-12)15-10(4-6-16)11-2-1-7-17-11/h1-3,5,7-8,10,16H,4,6H2,(H,14,15). The molecular formula is C12H13ClN2O2. The Labute approximate surface area is 104 Å². The number of aliphatic hydroxyl groups excluding tert-OH is 1. The number of pyridine rings is 1. The van der Waals surface area contributed by atoms with Gasteiger partial charge in [0.05, 0.1) is 12.3 Å². The van der Waals surface area contributed by atoms with Crippen molar-refractivity contribution in [2.45, 2.75) is 12.5 Å². The fraction of sp³-hybridized carbons (Fsp3) is 0.250. The van der Waals surface area contributed by atoms with Crippen LogP contribution >= 0.6 is 11.6 Å². The number of hydrogen-bond donors (Lipinski definition) is 2. The molecule has 0 bridgehead atoms. The zero-order valence-electron chi connectivity index (χ0n) is 9.14. The summed E-state index contributed by atoms with van der Waals surface area (Å²) in [7, 11) is 0. The first-order chi connectivity index (χ1) is 8.29. The molecule has 0 saturated carbocycles. The average Bonchev–Trinajstić information content (AvgIpc) is 2.82. The minimum absolute atomic E-state index is 0.0755. The van der Waals surface area contributed by atoms with Gasteiger partial charge in [-0.05, 0) is 30.7 Å². The number of halogens is 1. The van der Waals surface area contributed by atoms with Crippen molar-refractivity contribution in [3.05, 3.63) is 47.6 Å². The second-order valence-corrected chi connectivity index (χ2v) is 3.98. The molecule has 1 unspecified atom stereocenters. The fourth-order valence-electron chi connectivity index (χ4n) is 1.60. The molecule has 0 aliphatic carbocycles. The zero-order chi connectivity index (χ0) is 12.1. The molecule has 0 aliphatic heterocycles. The number of furan rings is 1. The molecule has 0 fully saturated rings. The first-order valence-electron chi connectivity index (χ1n) is 5.32. The molecular weight excluding hydrogens is 240 g/mol. The van der Waals surface area contributed by atoms with Crippen molar-refractivity contribution < 1.29 is 9.52 Å². The molecule has 2 rings (SSSR count). The lowest BCUT2D eigenvalue weighted by Gasteiger charge is -2.16. The Morgan fingerprint density at radius 1 is 1.47 bits per heavy atom. The average molecular weight is 253 g/mol. The van der Waals surface area contributed by atoms with E-state index in [1.54, 1.807) is 18.5 Å². The highest BCUT2D eigenvalue weighted by Gasteiger charge is 2.13. The normalized spacial score (nSPS) is 12.4. The van der Waals surface area contributed by atoms with E-state index in [1.807, 2.05) is 18.2 Å². The molecule has 17 heavy (non-hydrogen) atoms. The van der Waals surface area contributed by atoms with Crippen molar-refractivity contribution in [1.29, 1.82) is 0 Å². The molecule has 4 nitrogen and oxygen atoms in total. The number of nitrogens with one attached hydrogen (secondary N) is 1. The Morgan fingerprint density at radius 2 is 2.35 bits per heavy atom. The van der Waals surface area contributed by atoms with Gasteiger partial charge in [-0.2, -0.15) is 0 Å². The van der Waals surface area contributed by atoms with Crippen molar-refractivity contribution in [3.63, 3.8) is 0 Å². The second-order valence-electron chi connectivity index (χ2n) is 3.59. The molecule has 0 spiro atoms. The van der Waals surface area contributed by atoms with Crippen molar-refractivity contribution in [3.8, 4) is 0 Å². The number of aliphatic hydroxyl groups is 1. The zero-order valence-corrected chi connectivity index (χ0v) is 9.89. The lowest BCUT2D eigenvalue weighted by molar-refractivity contribution is 0.273. The maximum atomic E-state index is 9.05. The van der Waals surface area contributed by atoms with Crippen LogP contribution in [0.3, 0.4) is 0 Å². The largest absolute Gasteiger partial charge is 0.467 e. The van der Waals surface area contributed by atoms with Gasteiger partial charge in [0.15, 0.2) is 0 Å². The van der Waals surface area contributed by atoms with Gasteiger partial charge >= 0.3 is 0 Å². The van der Waals surface area contributed by atoms with E-state index in [9.17, 15) is 0 Å². The minimum Gasteiger partial charge on any atom is -0.467 e. The van der Waals surface area contributed by atoms with Crippen molar-refractivity contribution in [1.82, 2.24) is 4.98 Å². The summed E-state index contributed by atoms with van der Waals surface area (Å²) >= 11 is 5.81. The van der Waals surface area contributed by atoms with Crippen LogP contribution in [-0.4, -0.2) is 16.7 Å². The third kappa shape index (κ3) is 3.22. The summed E-state index contributed by atoms with van der Waals surface area (Å²) in [5, 5.41) is 12.7. The van der Waals surface area contributed by atoms with E-state index in [4.69, 9.17) is 21.1 Å². The summed E-state index contributed by atoms with van der Waals surface area (Å²) in [5.41, 5.74) is 0.847. The number of rotatable bonds is 5. The van der Waals surface area contributed by atoms with Gasteiger partial charge in [-0.3, -0.25) is 0 Å². The molecule has 0 radical (unpaired) electrons.